The zero-order valence-corrected chi connectivity index (χ0v) is 15.3. The van der Waals surface area contributed by atoms with E-state index in [-0.39, 0.29) is 6.61 Å². The summed E-state index contributed by atoms with van der Waals surface area (Å²) in [5.74, 6) is 0. The summed E-state index contributed by atoms with van der Waals surface area (Å²) < 4.78 is 21.1. The Hall–Kier alpha value is -1.22. The first-order valence-corrected chi connectivity index (χ1v) is 9.14. The number of aliphatic hydroxyl groups is 7. The van der Waals surface area contributed by atoms with Crippen molar-refractivity contribution in [1.82, 2.24) is 0 Å². The minimum atomic E-state index is -1.79. The molecule has 2 aliphatic heterocycles. The lowest BCUT2D eigenvalue weighted by atomic mass is 9.99. The van der Waals surface area contributed by atoms with Crippen LogP contribution in [-0.2, 0) is 25.6 Å². The SMILES string of the molecule is O[C@@H]1[C@@H](O)[C@H](OCc2ccccc2)O[C@H](CO[C@@H]2O[C@H](O)[C@H](O)[C@@H](O)[C@@H]2O)[C@H]1O. The highest BCUT2D eigenvalue weighted by atomic mass is 16.8. The van der Waals surface area contributed by atoms with Crippen molar-refractivity contribution in [2.24, 2.45) is 0 Å². The van der Waals surface area contributed by atoms with Crippen LogP contribution in [0.4, 0.5) is 0 Å². The van der Waals surface area contributed by atoms with Crippen molar-refractivity contribution in [3.05, 3.63) is 35.9 Å². The van der Waals surface area contributed by atoms with Crippen LogP contribution in [0.5, 0.6) is 0 Å². The Kier molecular flexibility index (Phi) is 7.53. The van der Waals surface area contributed by atoms with Gasteiger partial charge < -0.3 is 54.7 Å². The van der Waals surface area contributed by atoms with E-state index in [2.05, 4.69) is 0 Å². The first-order valence-electron chi connectivity index (χ1n) is 9.14. The number of rotatable bonds is 6. The maximum atomic E-state index is 10.1. The van der Waals surface area contributed by atoms with E-state index in [1.54, 1.807) is 24.3 Å². The predicted octanol–water partition coefficient (Wildman–Crippen LogP) is -3.22. The van der Waals surface area contributed by atoms with Crippen LogP contribution in [-0.4, -0.2) is 104 Å². The molecule has 0 unspecified atom stereocenters. The van der Waals surface area contributed by atoms with Gasteiger partial charge >= 0.3 is 0 Å². The van der Waals surface area contributed by atoms with Crippen molar-refractivity contribution in [1.29, 1.82) is 0 Å². The summed E-state index contributed by atoms with van der Waals surface area (Å²) >= 11 is 0. The van der Waals surface area contributed by atoms with E-state index in [0.29, 0.717) is 0 Å². The van der Waals surface area contributed by atoms with Crippen LogP contribution >= 0.6 is 0 Å². The Morgan fingerprint density at radius 1 is 0.655 bits per heavy atom. The first kappa shape index (κ1) is 22.5. The van der Waals surface area contributed by atoms with Gasteiger partial charge in [0.05, 0.1) is 13.2 Å². The molecule has 0 amide bonds. The molecular formula is C18H26O11. The third-order valence-electron chi connectivity index (χ3n) is 4.89. The second kappa shape index (κ2) is 9.73. The van der Waals surface area contributed by atoms with Crippen molar-refractivity contribution in [3.63, 3.8) is 0 Å². The third kappa shape index (κ3) is 5.10. The molecule has 3 rings (SSSR count). The van der Waals surface area contributed by atoms with E-state index >= 15 is 0 Å². The van der Waals surface area contributed by atoms with E-state index in [1.807, 2.05) is 6.07 Å². The van der Waals surface area contributed by atoms with Gasteiger partial charge in [0.15, 0.2) is 18.9 Å². The molecule has 2 fully saturated rings. The van der Waals surface area contributed by atoms with Gasteiger partial charge in [-0.15, -0.1) is 0 Å². The molecule has 164 valence electrons. The molecule has 11 nitrogen and oxygen atoms in total. The van der Waals surface area contributed by atoms with Crippen molar-refractivity contribution < 1.29 is 54.7 Å². The van der Waals surface area contributed by atoms with Crippen LogP contribution in [0.1, 0.15) is 5.56 Å². The lowest BCUT2D eigenvalue weighted by Gasteiger charge is -2.42. The molecule has 0 radical (unpaired) electrons. The highest BCUT2D eigenvalue weighted by Gasteiger charge is 2.47. The van der Waals surface area contributed by atoms with Gasteiger partial charge in [-0.05, 0) is 5.56 Å². The van der Waals surface area contributed by atoms with E-state index in [1.165, 1.54) is 0 Å². The van der Waals surface area contributed by atoms with Gasteiger partial charge in [0, 0.05) is 0 Å². The van der Waals surface area contributed by atoms with Crippen molar-refractivity contribution in [2.75, 3.05) is 6.61 Å². The lowest BCUT2D eigenvalue weighted by Crippen LogP contribution is -2.61. The maximum Gasteiger partial charge on any atom is 0.189 e. The summed E-state index contributed by atoms with van der Waals surface area (Å²) in [7, 11) is 0. The molecule has 0 spiro atoms. The van der Waals surface area contributed by atoms with E-state index in [4.69, 9.17) is 18.9 Å². The molecule has 2 aliphatic rings. The van der Waals surface area contributed by atoms with E-state index < -0.39 is 68.2 Å². The average Bonchev–Trinajstić information content (AvgIpc) is 2.73. The number of ether oxygens (including phenoxy) is 4. The minimum absolute atomic E-state index is 0.0830. The van der Waals surface area contributed by atoms with Crippen molar-refractivity contribution in [3.8, 4) is 0 Å². The number of hydrogen-bond donors (Lipinski definition) is 7. The fourth-order valence-electron chi connectivity index (χ4n) is 3.10. The summed E-state index contributed by atoms with van der Waals surface area (Å²) in [4.78, 5) is 0. The van der Waals surface area contributed by atoms with E-state index in [9.17, 15) is 35.7 Å². The summed E-state index contributed by atoms with van der Waals surface area (Å²) in [5.41, 5.74) is 0.803. The van der Waals surface area contributed by atoms with Gasteiger partial charge in [-0.3, -0.25) is 0 Å². The van der Waals surface area contributed by atoms with Crippen LogP contribution in [0.3, 0.4) is 0 Å². The Labute approximate surface area is 166 Å². The third-order valence-corrected chi connectivity index (χ3v) is 4.89. The molecule has 7 N–H and O–H groups in total. The summed E-state index contributed by atoms with van der Waals surface area (Å²) in [6, 6.07) is 9.04. The molecule has 29 heavy (non-hydrogen) atoms. The van der Waals surface area contributed by atoms with Gasteiger partial charge in [0.25, 0.3) is 0 Å². The summed E-state index contributed by atoms with van der Waals surface area (Å²) in [5, 5.41) is 68.9. The van der Waals surface area contributed by atoms with Crippen LogP contribution in [0.15, 0.2) is 30.3 Å². The molecule has 0 aliphatic carbocycles. The average molecular weight is 418 g/mol. The molecule has 0 saturated carbocycles. The van der Waals surface area contributed by atoms with Gasteiger partial charge in [-0.2, -0.15) is 0 Å². The Bertz CT molecular complexity index is 631. The first-order chi connectivity index (χ1) is 13.8. The lowest BCUT2D eigenvalue weighted by molar-refractivity contribution is -0.354. The fourth-order valence-corrected chi connectivity index (χ4v) is 3.10. The predicted molar refractivity (Wildman–Crippen MR) is 92.8 cm³/mol. The number of aliphatic hydroxyl groups excluding tert-OH is 7. The number of hydrogen-bond acceptors (Lipinski definition) is 11. The fraction of sp³-hybridized carbons (Fsp3) is 0.667. The molecule has 0 bridgehead atoms. The molecular weight excluding hydrogens is 392 g/mol. The topological polar surface area (TPSA) is 179 Å². The van der Waals surface area contributed by atoms with Crippen LogP contribution in [0.2, 0.25) is 0 Å². The molecule has 1 aromatic rings. The Balaban J connectivity index is 1.58. The van der Waals surface area contributed by atoms with Gasteiger partial charge in [0.1, 0.15) is 42.7 Å². The van der Waals surface area contributed by atoms with Crippen LogP contribution < -0.4 is 0 Å². The molecule has 1 aromatic carbocycles. The second-order valence-corrected chi connectivity index (χ2v) is 7.01. The Morgan fingerprint density at radius 3 is 1.90 bits per heavy atom. The molecule has 11 heteroatoms. The largest absolute Gasteiger partial charge is 0.387 e. The van der Waals surface area contributed by atoms with E-state index in [0.717, 1.165) is 5.56 Å². The zero-order chi connectivity index (χ0) is 21.1. The van der Waals surface area contributed by atoms with Gasteiger partial charge in [-0.1, -0.05) is 30.3 Å². The number of benzene rings is 1. The van der Waals surface area contributed by atoms with Crippen molar-refractivity contribution >= 4 is 0 Å². The summed E-state index contributed by atoms with van der Waals surface area (Å²) in [6.07, 6.45) is -15.5. The Morgan fingerprint density at radius 2 is 1.24 bits per heavy atom. The molecule has 10 atom stereocenters. The highest BCUT2D eigenvalue weighted by molar-refractivity contribution is 5.13. The second-order valence-electron chi connectivity index (χ2n) is 7.01. The standard InChI is InChI=1S/C18H26O11/c19-10-9(7-27-18-15(24)12(21)13(22)16(25)29-18)28-17(14(23)11(10)20)26-6-8-4-2-1-3-5-8/h1-5,9-25H,6-7H2/t9-,10-,11+,12-,13-,14-,15+,16+,17-,18-/m1/s1. The van der Waals surface area contributed by atoms with Gasteiger partial charge in [-0.25, -0.2) is 0 Å². The highest BCUT2D eigenvalue weighted by Crippen LogP contribution is 2.25. The molecule has 0 aromatic heterocycles. The normalized spacial score (nSPS) is 43.3. The quantitative estimate of drug-likeness (QED) is 0.247. The monoisotopic (exact) mass is 418 g/mol. The van der Waals surface area contributed by atoms with Crippen LogP contribution in [0, 0.1) is 0 Å². The summed E-state index contributed by atoms with van der Waals surface area (Å²) in [6.45, 7) is -0.354. The molecule has 2 saturated heterocycles. The zero-order valence-electron chi connectivity index (χ0n) is 15.3. The minimum Gasteiger partial charge on any atom is -0.387 e. The van der Waals surface area contributed by atoms with Crippen LogP contribution in [0.25, 0.3) is 0 Å². The van der Waals surface area contributed by atoms with Crippen molar-refractivity contribution in [2.45, 2.75) is 68.2 Å². The van der Waals surface area contributed by atoms with Gasteiger partial charge in [0.2, 0.25) is 0 Å². The molecule has 2 heterocycles. The smallest absolute Gasteiger partial charge is 0.189 e. The maximum absolute atomic E-state index is 10.1.